The van der Waals surface area contributed by atoms with Crippen molar-refractivity contribution >= 4 is 23.2 Å². The molecule has 5 heteroatoms. The zero-order valence-electron chi connectivity index (χ0n) is 16.7. The number of piperazine rings is 1. The quantitative estimate of drug-likeness (QED) is 0.859. The zero-order valence-corrected chi connectivity index (χ0v) is 17.5. The maximum atomic E-state index is 13.1. The molecule has 1 saturated heterocycles. The molecular weight excluding hydrogens is 370 g/mol. The molecule has 2 aromatic rings. The SMILES string of the molecule is Cc1ccc(Cl)cc1N1CC[NH+]([C@H](C)C(=O)N2CCc3ccccc3C2)CC1. The van der Waals surface area contributed by atoms with Crippen LogP contribution in [0.1, 0.15) is 23.6 Å². The van der Waals surface area contributed by atoms with E-state index in [9.17, 15) is 4.79 Å². The van der Waals surface area contributed by atoms with Gasteiger partial charge in [-0.25, -0.2) is 0 Å². The summed E-state index contributed by atoms with van der Waals surface area (Å²) in [6.45, 7) is 9.67. The van der Waals surface area contributed by atoms with E-state index in [1.54, 1.807) is 0 Å². The molecule has 0 radical (unpaired) electrons. The highest BCUT2D eigenvalue weighted by atomic mass is 35.5. The van der Waals surface area contributed by atoms with Crippen molar-refractivity contribution in [2.45, 2.75) is 32.9 Å². The number of nitrogens with zero attached hydrogens (tertiary/aromatic N) is 2. The number of hydrogen-bond donors (Lipinski definition) is 1. The highest BCUT2D eigenvalue weighted by Gasteiger charge is 2.33. The van der Waals surface area contributed by atoms with Crippen molar-refractivity contribution in [3.63, 3.8) is 0 Å². The molecule has 0 spiro atoms. The molecular formula is C23H29ClN3O+. The van der Waals surface area contributed by atoms with Crippen LogP contribution < -0.4 is 9.80 Å². The number of carbonyl (C=O) groups excluding carboxylic acids is 1. The number of hydrogen-bond acceptors (Lipinski definition) is 2. The van der Waals surface area contributed by atoms with Crippen molar-refractivity contribution in [2.24, 2.45) is 0 Å². The van der Waals surface area contributed by atoms with Gasteiger partial charge >= 0.3 is 0 Å². The average Bonchev–Trinajstić information content (AvgIpc) is 2.74. The number of halogens is 1. The van der Waals surface area contributed by atoms with Crippen LogP contribution in [0.15, 0.2) is 42.5 Å². The van der Waals surface area contributed by atoms with Crippen molar-refractivity contribution in [1.29, 1.82) is 0 Å². The lowest BCUT2D eigenvalue weighted by Gasteiger charge is -2.38. The van der Waals surface area contributed by atoms with E-state index in [1.807, 2.05) is 11.0 Å². The van der Waals surface area contributed by atoms with Gasteiger partial charge in [0, 0.05) is 23.8 Å². The summed E-state index contributed by atoms with van der Waals surface area (Å²) in [5.41, 5.74) is 5.16. The van der Waals surface area contributed by atoms with Gasteiger partial charge in [-0.15, -0.1) is 0 Å². The third-order valence-corrected chi connectivity index (χ3v) is 6.58. The zero-order chi connectivity index (χ0) is 19.7. The van der Waals surface area contributed by atoms with Crippen molar-refractivity contribution in [2.75, 3.05) is 37.6 Å². The molecule has 2 heterocycles. The van der Waals surface area contributed by atoms with E-state index >= 15 is 0 Å². The molecule has 0 unspecified atom stereocenters. The van der Waals surface area contributed by atoms with E-state index < -0.39 is 0 Å². The fourth-order valence-electron chi connectivity index (χ4n) is 4.52. The lowest BCUT2D eigenvalue weighted by atomic mass is 9.99. The smallest absolute Gasteiger partial charge is 0.280 e. The molecule has 2 aliphatic heterocycles. The van der Waals surface area contributed by atoms with E-state index in [2.05, 4.69) is 55.1 Å². The molecule has 148 valence electrons. The molecule has 2 aliphatic rings. The fraction of sp³-hybridized carbons (Fsp3) is 0.435. The van der Waals surface area contributed by atoms with E-state index in [4.69, 9.17) is 11.6 Å². The Morgan fingerprint density at radius 2 is 1.79 bits per heavy atom. The van der Waals surface area contributed by atoms with E-state index in [-0.39, 0.29) is 11.9 Å². The maximum Gasteiger partial charge on any atom is 0.280 e. The van der Waals surface area contributed by atoms with Crippen LogP contribution in [0, 0.1) is 6.92 Å². The van der Waals surface area contributed by atoms with E-state index in [0.29, 0.717) is 0 Å². The first kappa shape index (κ1) is 19.3. The number of quaternary nitrogens is 1. The van der Waals surface area contributed by atoms with Gasteiger partial charge in [-0.3, -0.25) is 4.79 Å². The normalized spacial score (nSPS) is 18.7. The minimum Gasteiger partial charge on any atom is -0.360 e. The summed E-state index contributed by atoms with van der Waals surface area (Å²) in [5, 5.41) is 0.782. The first-order valence-electron chi connectivity index (χ1n) is 10.2. The lowest BCUT2D eigenvalue weighted by Crippen LogP contribution is -3.19. The number of amides is 1. The maximum absolute atomic E-state index is 13.1. The van der Waals surface area contributed by atoms with Gasteiger partial charge in [-0.05, 0) is 49.1 Å². The van der Waals surface area contributed by atoms with Crippen LogP contribution in [-0.4, -0.2) is 49.6 Å². The Labute approximate surface area is 172 Å². The van der Waals surface area contributed by atoms with E-state index in [1.165, 1.54) is 27.3 Å². The molecule has 4 rings (SSSR count). The van der Waals surface area contributed by atoms with Gasteiger partial charge in [0.05, 0.1) is 26.2 Å². The molecule has 1 amide bonds. The van der Waals surface area contributed by atoms with Crippen LogP contribution in [0.2, 0.25) is 5.02 Å². The molecule has 4 nitrogen and oxygen atoms in total. The standard InChI is InChI=1S/C23H28ClN3O/c1-17-7-8-21(24)15-22(17)26-13-11-25(12-14-26)18(2)23(28)27-10-9-19-5-3-4-6-20(19)16-27/h3-8,15,18H,9-14,16H2,1-2H3/p+1/t18-/m1/s1. The van der Waals surface area contributed by atoms with Gasteiger partial charge in [0.15, 0.2) is 6.04 Å². The summed E-state index contributed by atoms with van der Waals surface area (Å²) in [6, 6.07) is 14.6. The molecule has 2 aromatic carbocycles. The fourth-order valence-corrected chi connectivity index (χ4v) is 4.69. The number of carbonyl (C=O) groups is 1. The summed E-state index contributed by atoms with van der Waals surface area (Å²) in [6.07, 6.45) is 0.964. The molecule has 0 aliphatic carbocycles. The van der Waals surface area contributed by atoms with Crippen LogP contribution in [0.25, 0.3) is 0 Å². The minimum atomic E-state index is 0.00729. The van der Waals surface area contributed by atoms with E-state index in [0.717, 1.165) is 50.7 Å². The number of anilines is 1. The second kappa shape index (κ2) is 8.14. The summed E-state index contributed by atoms with van der Waals surface area (Å²) in [5.74, 6) is 0.289. The van der Waals surface area contributed by atoms with Crippen LogP contribution in [-0.2, 0) is 17.8 Å². The number of rotatable bonds is 3. The van der Waals surface area contributed by atoms with Crippen LogP contribution >= 0.6 is 11.6 Å². The van der Waals surface area contributed by atoms with Crippen molar-refractivity contribution in [3.05, 3.63) is 64.2 Å². The largest absolute Gasteiger partial charge is 0.360 e. The molecule has 0 saturated carbocycles. The summed E-state index contributed by atoms with van der Waals surface area (Å²) >= 11 is 6.20. The molecule has 1 N–H and O–H groups in total. The molecule has 1 atom stereocenters. The topological polar surface area (TPSA) is 28.0 Å². The van der Waals surface area contributed by atoms with Crippen molar-refractivity contribution in [3.8, 4) is 0 Å². The first-order chi connectivity index (χ1) is 13.5. The van der Waals surface area contributed by atoms with Crippen LogP contribution in [0.5, 0.6) is 0 Å². The Bertz CT molecular complexity index is 861. The number of fused-ring (bicyclic) bond motifs is 1. The first-order valence-corrected chi connectivity index (χ1v) is 10.6. The van der Waals surface area contributed by atoms with Gasteiger partial charge in [0.1, 0.15) is 0 Å². The Balaban J connectivity index is 1.37. The Morgan fingerprint density at radius 1 is 1.07 bits per heavy atom. The summed E-state index contributed by atoms with van der Waals surface area (Å²) in [4.78, 5) is 19.0. The van der Waals surface area contributed by atoms with Gasteiger partial charge in [0.25, 0.3) is 5.91 Å². The second-order valence-electron chi connectivity index (χ2n) is 8.08. The third kappa shape index (κ3) is 3.89. The van der Waals surface area contributed by atoms with Crippen molar-refractivity contribution < 1.29 is 9.69 Å². The summed E-state index contributed by atoms with van der Waals surface area (Å²) in [7, 11) is 0. The van der Waals surface area contributed by atoms with Gasteiger partial charge in [-0.2, -0.15) is 0 Å². The Hall–Kier alpha value is -2.04. The van der Waals surface area contributed by atoms with Crippen LogP contribution in [0.4, 0.5) is 5.69 Å². The second-order valence-corrected chi connectivity index (χ2v) is 8.51. The number of nitrogens with one attached hydrogen (secondary N) is 1. The summed E-state index contributed by atoms with van der Waals surface area (Å²) < 4.78 is 0. The lowest BCUT2D eigenvalue weighted by molar-refractivity contribution is -0.915. The predicted octanol–water partition coefficient (Wildman–Crippen LogP) is 2.33. The highest BCUT2D eigenvalue weighted by Crippen LogP contribution is 2.24. The number of aryl methyl sites for hydroxylation is 1. The monoisotopic (exact) mass is 398 g/mol. The molecule has 1 fully saturated rings. The van der Waals surface area contributed by atoms with Gasteiger partial charge in [-0.1, -0.05) is 41.9 Å². The highest BCUT2D eigenvalue weighted by molar-refractivity contribution is 6.30. The van der Waals surface area contributed by atoms with Crippen LogP contribution in [0.3, 0.4) is 0 Å². The number of benzene rings is 2. The Kier molecular flexibility index (Phi) is 5.61. The van der Waals surface area contributed by atoms with Gasteiger partial charge < -0.3 is 14.7 Å². The third-order valence-electron chi connectivity index (χ3n) is 6.34. The molecule has 0 aromatic heterocycles. The van der Waals surface area contributed by atoms with Crippen molar-refractivity contribution in [1.82, 2.24) is 4.90 Å². The average molecular weight is 399 g/mol. The Morgan fingerprint density at radius 3 is 2.54 bits per heavy atom. The predicted molar refractivity (Wildman–Crippen MR) is 114 cm³/mol. The molecule has 28 heavy (non-hydrogen) atoms. The molecule has 0 bridgehead atoms. The minimum absolute atomic E-state index is 0.00729. The van der Waals surface area contributed by atoms with Gasteiger partial charge in [0.2, 0.25) is 0 Å².